The summed E-state index contributed by atoms with van der Waals surface area (Å²) in [5.74, 6) is 0.760. The van der Waals surface area contributed by atoms with Crippen molar-refractivity contribution in [3.63, 3.8) is 0 Å². The van der Waals surface area contributed by atoms with E-state index < -0.39 is 5.56 Å². The fourth-order valence-electron chi connectivity index (χ4n) is 3.75. The quantitative estimate of drug-likeness (QED) is 0.427. The maximum atomic E-state index is 13.1. The van der Waals surface area contributed by atoms with Gasteiger partial charge in [0.15, 0.2) is 11.5 Å². The molecule has 0 aliphatic carbocycles. The van der Waals surface area contributed by atoms with E-state index >= 15 is 0 Å². The fourth-order valence-corrected chi connectivity index (χ4v) is 3.75. The number of hydrogen-bond donors (Lipinski definition) is 2. The van der Waals surface area contributed by atoms with E-state index in [2.05, 4.69) is 10.4 Å². The maximum absolute atomic E-state index is 13.1. The van der Waals surface area contributed by atoms with Gasteiger partial charge in [0.05, 0.1) is 26.5 Å². The number of carbonyl (C=O) groups is 1. The van der Waals surface area contributed by atoms with Gasteiger partial charge in [0.25, 0.3) is 5.56 Å². The zero-order chi connectivity index (χ0) is 23.4. The van der Waals surface area contributed by atoms with Gasteiger partial charge in [-0.05, 0) is 6.07 Å². The van der Waals surface area contributed by atoms with Crippen LogP contribution in [0.4, 0.5) is 0 Å². The molecule has 0 aliphatic heterocycles. The van der Waals surface area contributed by atoms with E-state index in [-0.39, 0.29) is 31.1 Å². The van der Waals surface area contributed by atoms with Crippen molar-refractivity contribution >= 4 is 11.4 Å². The number of aliphatic hydroxyl groups excluding tert-OH is 1. The van der Waals surface area contributed by atoms with E-state index in [4.69, 9.17) is 9.47 Å². The van der Waals surface area contributed by atoms with E-state index in [9.17, 15) is 14.7 Å². The molecule has 0 spiro atoms. The molecule has 2 heterocycles. The van der Waals surface area contributed by atoms with Gasteiger partial charge in [-0.15, -0.1) is 0 Å². The largest absolute Gasteiger partial charge is 0.493 e. The van der Waals surface area contributed by atoms with Crippen LogP contribution in [-0.2, 0) is 24.5 Å². The smallest absolute Gasteiger partial charge is 0.277 e. The molecule has 4 aromatic rings. The number of rotatable bonds is 8. The number of methoxy groups -OCH3 is 2. The molecular formula is C24H24N4O5. The maximum Gasteiger partial charge on any atom is 0.277 e. The minimum absolute atomic E-state index is 0.182. The molecule has 0 saturated carbocycles. The molecular weight excluding hydrogens is 424 g/mol. The number of nitrogens with one attached hydrogen (secondary N) is 1. The minimum Gasteiger partial charge on any atom is -0.493 e. The number of carbonyl (C=O) groups excluding carboxylic acids is 1. The summed E-state index contributed by atoms with van der Waals surface area (Å²) in [5.41, 5.74) is 2.32. The Kier molecular flexibility index (Phi) is 6.41. The number of aliphatic hydroxyl groups is 1. The van der Waals surface area contributed by atoms with Gasteiger partial charge in [0.1, 0.15) is 12.1 Å². The number of para-hydroxylation sites is 1. The summed E-state index contributed by atoms with van der Waals surface area (Å²) in [6.07, 6.45) is 3.10. The van der Waals surface area contributed by atoms with Crippen molar-refractivity contribution in [3.8, 4) is 22.8 Å². The van der Waals surface area contributed by atoms with E-state index in [0.717, 1.165) is 11.1 Å². The fraction of sp³-hybridized carbons (Fsp3) is 0.208. The number of amides is 1. The molecule has 0 aliphatic rings. The number of aromatic nitrogens is 3. The molecule has 0 bridgehead atoms. The Balaban J connectivity index is 1.58. The third-order valence-corrected chi connectivity index (χ3v) is 5.34. The van der Waals surface area contributed by atoms with Crippen LogP contribution in [0, 0.1) is 0 Å². The Morgan fingerprint density at radius 2 is 1.85 bits per heavy atom. The molecule has 0 fully saturated rings. The van der Waals surface area contributed by atoms with Gasteiger partial charge in [-0.3, -0.25) is 9.59 Å². The van der Waals surface area contributed by atoms with Crippen LogP contribution in [0.3, 0.4) is 0 Å². The van der Waals surface area contributed by atoms with E-state index in [0.29, 0.717) is 22.8 Å². The molecule has 2 aromatic heterocycles. The molecule has 33 heavy (non-hydrogen) atoms. The lowest BCUT2D eigenvalue weighted by molar-refractivity contribution is -0.121. The van der Waals surface area contributed by atoms with E-state index in [1.807, 2.05) is 42.5 Å². The summed E-state index contributed by atoms with van der Waals surface area (Å²) in [6, 6.07) is 14.7. The monoisotopic (exact) mass is 448 g/mol. The van der Waals surface area contributed by atoms with Gasteiger partial charge in [0.2, 0.25) is 5.91 Å². The van der Waals surface area contributed by atoms with Crippen LogP contribution in [-0.4, -0.2) is 39.4 Å². The van der Waals surface area contributed by atoms with Crippen LogP contribution in [0.2, 0.25) is 0 Å². The molecule has 0 radical (unpaired) electrons. The molecule has 2 N–H and O–H groups in total. The Morgan fingerprint density at radius 3 is 2.55 bits per heavy atom. The first-order valence-electron chi connectivity index (χ1n) is 10.3. The van der Waals surface area contributed by atoms with Crippen LogP contribution in [0.1, 0.15) is 11.1 Å². The van der Waals surface area contributed by atoms with Crippen molar-refractivity contribution in [1.29, 1.82) is 0 Å². The van der Waals surface area contributed by atoms with Gasteiger partial charge in [-0.2, -0.15) is 5.10 Å². The third-order valence-electron chi connectivity index (χ3n) is 5.34. The topological polar surface area (TPSA) is 107 Å². The Hall–Kier alpha value is -4.11. The van der Waals surface area contributed by atoms with Gasteiger partial charge in [-0.1, -0.05) is 42.5 Å². The Bertz CT molecular complexity index is 1340. The molecule has 9 nitrogen and oxygen atoms in total. The predicted molar refractivity (Wildman–Crippen MR) is 122 cm³/mol. The second-order valence-electron chi connectivity index (χ2n) is 7.31. The SMILES string of the molecule is COc1cccc(CNC(=O)Cn2ccn3nc(-c4ccccc4)c(CO)c3c2=O)c1OC. The third kappa shape index (κ3) is 4.31. The van der Waals surface area contributed by atoms with Crippen molar-refractivity contribution < 1.29 is 19.4 Å². The summed E-state index contributed by atoms with van der Waals surface area (Å²) in [5, 5.41) is 17.2. The van der Waals surface area contributed by atoms with Crippen LogP contribution < -0.4 is 20.3 Å². The second kappa shape index (κ2) is 9.58. The van der Waals surface area contributed by atoms with Gasteiger partial charge >= 0.3 is 0 Å². The van der Waals surface area contributed by atoms with Crippen LogP contribution in [0.5, 0.6) is 11.5 Å². The standard InChI is InChI=1S/C24H24N4O5/c1-32-19-10-6-9-17(23(19)33-2)13-25-20(30)14-27-11-12-28-22(24(27)31)18(15-29)21(26-28)16-7-4-3-5-8-16/h3-12,29H,13-15H2,1-2H3,(H,25,30). The van der Waals surface area contributed by atoms with E-state index in [1.54, 1.807) is 19.4 Å². The van der Waals surface area contributed by atoms with Crippen molar-refractivity contribution in [2.45, 2.75) is 19.7 Å². The Labute approximate surface area is 189 Å². The van der Waals surface area contributed by atoms with Crippen LogP contribution in [0.15, 0.2) is 65.7 Å². The zero-order valence-corrected chi connectivity index (χ0v) is 18.3. The van der Waals surface area contributed by atoms with Crippen molar-refractivity contribution in [2.24, 2.45) is 0 Å². The minimum atomic E-state index is -0.412. The Morgan fingerprint density at radius 1 is 1.06 bits per heavy atom. The highest BCUT2D eigenvalue weighted by Crippen LogP contribution is 2.30. The lowest BCUT2D eigenvalue weighted by Crippen LogP contribution is -2.32. The van der Waals surface area contributed by atoms with Gasteiger partial charge < -0.3 is 24.5 Å². The first kappa shape index (κ1) is 22.1. The predicted octanol–water partition coefficient (Wildman–Crippen LogP) is 1.99. The lowest BCUT2D eigenvalue weighted by atomic mass is 10.1. The van der Waals surface area contributed by atoms with Crippen molar-refractivity contribution in [2.75, 3.05) is 14.2 Å². The highest BCUT2D eigenvalue weighted by Gasteiger charge is 2.18. The summed E-state index contributed by atoms with van der Waals surface area (Å²) < 4.78 is 13.4. The average Bonchev–Trinajstić information content (AvgIpc) is 3.24. The van der Waals surface area contributed by atoms with Crippen LogP contribution >= 0.6 is 0 Å². The first-order valence-corrected chi connectivity index (χ1v) is 10.3. The molecule has 1 amide bonds. The molecule has 9 heteroatoms. The van der Waals surface area contributed by atoms with Gasteiger partial charge in [-0.25, -0.2) is 4.52 Å². The highest BCUT2D eigenvalue weighted by atomic mass is 16.5. The van der Waals surface area contributed by atoms with Crippen LogP contribution in [0.25, 0.3) is 16.8 Å². The number of benzene rings is 2. The number of ether oxygens (including phenoxy) is 2. The molecule has 2 aromatic carbocycles. The number of fused-ring (bicyclic) bond motifs is 1. The molecule has 4 rings (SSSR count). The summed E-state index contributed by atoms with van der Waals surface area (Å²) >= 11 is 0. The second-order valence-corrected chi connectivity index (χ2v) is 7.31. The molecule has 0 atom stereocenters. The zero-order valence-electron chi connectivity index (χ0n) is 18.3. The highest BCUT2D eigenvalue weighted by molar-refractivity contribution is 5.76. The first-order chi connectivity index (χ1) is 16.1. The average molecular weight is 448 g/mol. The number of nitrogens with zero attached hydrogens (tertiary/aromatic N) is 3. The summed E-state index contributed by atoms with van der Waals surface area (Å²) in [6.45, 7) is -0.323. The lowest BCUT2D eigenvalue weighted by Gasteiger charge is -2.13. The van der Waals surface area contributed by atoms with Crippen molar-refractivity contribution in [1.82, 2.24) is 19.5 Å². The molecule has 0 saturated heterocycles. The summed E-state index contributed by atoms with van der Waals surface area (Å²) in [4.78, 5) is 25.7. The van der Waals surface area contributed by atoms with E-state index in [1.165, 1.54) is 22.4 Å². The molecule has 170 valence electrons. The number of hydrogen-bond acceptors (Lipinski definition) is 6. The normalized spacial score (nSPS) is 10.9. The van der Waals surface area contributed by atoms with Crippen molar-refractivity contribution in [3.05, 3.63) is 82.4 Å². The molecule has 0 unspecified atom stereocenters. The summed E-state index contributed by atoms with van der Waals surface area (Å²) in [7, 11) is 3.08. The van der Waals surface area contributed by atoms with Gasteiger partial charge in [0, 0.05) is 35.6 Å².